The fourth-order valence-electron chi connectivity index (χ4n) is 2.54. The summed E-state index contributed by atoms with van der Waals surface area (Å²) < 4.78 is 5.48. The summed E-state index contributed by atoms with van der Waals surface area (Å²) in [6.45, 7) is 0.399. The molecule has 2 heterocycles. The van der Waals surface area contributed by atoms with Crippen LogP contribution in [0.5, 0.6) is 5.75 Å². The third-order valence-electron chi connectivity index (χ3n) is 3.82. The van der Waals surface area contributed by atoms with Crippen molar-refractivity contribution in [3.05, 3.63) is 59.0 Å². The molecule has 26 heavy (non-hydrogen) atoms. The van der Waals surface area contributed by atoms with Crippen molar-refractivity contribution in [2.75, 3.05) is 19.0 Å². The molecule has 0 saturated carbocycles. The Bertz CT molecular complexity index is 978. The summed E-state index contributed by atoms with van der Waals surface area (Å²) in [5.74, 6) is 1.51. The van der Waals surface area contributed by atoms with Gasteiger partial charge < -0.3 is 10.1 Å². The maximum Gasteiger partial charge on any atom is 0.135 e. The standard InChI is InChI=1S/C20H17ClN4O/c1-23-20-18-13-24-19(21)11-17(18)15(12-25-20)6-3-14-4-7-16(8-5-14)26-10-2-9-22/h3-8,11-13H,2,10H2,1H3,(H,23,25). The van der Waals surface area contributed by atoms with Gasteiger partial charge in [-0.25, -0.2) is 9.97 Å². The molecule has 0 radical (unpaired) electrons. The van der Waals surface area contributed by atoms with Gasteiger partial charge in [-0.3, -0.25) is 0 Å². The number of rotatable bonds is 6. The Labute approximate surface area is 156 Å². The molecule has 0 atom stereocenters. The number of aromatic nitrogens is 2. The second-order valence-electron chi connectivity index (χ2n) is 5.52. The first-order valence-corrected chi connectivity index (χ1v) is 8.49. The molecule has 0 aliphatic heterocycles. The third-order valence-corrected chi connectivity index (χ3v) is 4.03. The van der Waals surface area contributed by atoms with E-state index < -0.39 is 0 Å². The van der Waals surface area contributed by atoms with E-state index in [0.29, 0.717) is 18.2 Å². The molecule has 0 saturated heterocycles. The Morgan fingerprint density at radius 2 is 1.96 bits per heavy atom. The molecule has 0 bridgehead atoms. The van der Waals surface area contributed by atoms with Crippen LogP contribution in [0, 0.1) is 11.3 Å². The zero-order valence-corrected chi connectivity index (χ0v) is 15.0. The highest BCUT2D eigenvalue weighted by atomic mass is 35.5. The molecule has 0 spiro atoms. The Morgan fingerprint density at radius 3 is 2.69 bits per heavy atom. The van der Waals surface area contributed by atoms with E-state index in [9.17, 15) is 0 Å². The van der Waals surface area contributed by atoms with Crippen LogP contribution in [0.1, 0.15) is 17.5 Å². The molecule has 130 valence electrons. The van der Waals surface area contributed by atoms with E-state index in [1.54, 1.807) is 12.4 Å². The van der Waals surface area contributed by atoms with Crippen molar-refractivity contribution in [3.8, 4) is 11.8 Å². The van der Waals surface area contributed by atoms with Crippen molar-refractivity contribution < 1.29 is 4.74 Å². The van der Waals surface area contributed by atoms with Crippen LogP contribution in [0.15, 0.2) is 42.7 Å². The number of pyridine rings is 2. The molecule has 0 amide bonds. The second kappa shape index (κ2) is 8.32. The highest BCUT2D eigenvalue weighted by molar-refractivity contribution is 6.30. The number of ether oxygens (including phenoxy) is 1. The zero-order valence-electron chi connectivity index (χ0n) is 14.2. The topological polar surface area (TPSA) is 70.8 Å². The molecule has 0 aliphatic rings. The number of nitrogens with zero attached hydrogens (tertiary/aromatic N) is 3. The summed E-state index contributed by atoms with van der Waals surface area (Å²) in [6, 6.07) is 11.6. The van der Waals surface area contributed by atoms with Gasteiger partial charge in [0, 0.05) is 30.4 Å². The van der Waals surface area contributed by atoms with E-state index in [1.807, 2.05) is 49.5 Å². The van der Waals surface area contributed by atoms with Gasteiger partial charge in [-0.15, -0.1) is 0 Å². The Hall–Kier alpha value is -3.10. The quantitative estimate of drug-likeness (QED) is 0.503. The number of fused-ring (bicyclic) bond motifs is 1. The fraction of sp³-hybridized carbons (Fsp3) is 0.150. The van der Waals surface area contributed by atoms with Crippen LogP contribution < -0.4 is 10.1 Å². The molecular formula is C20H17ClN4O. The predicted molar refractivity (Wildman–Crippen MR) is 105 cm³/mol. The van der Waals surface area contributed by atoms with E-state index in [4.69, 9.17) is 21.6 Å². The lowest BCUT2D eigenvalue weighted by molar-refractivity contribution is 0.326. The number of anilines is 1. The molecule has 6 heteroatoms. The van der Waals surface area contributed by atoms with Crippen LogP contribution >= 0.6 is 11.6 Å². The molecular weight excluding hydrogens is 348 g/mol. The molecule has 0 fully saturated rings. The normalized spacial score (nSPS) is 10.8. The van der Waals surface area contributed by atoms with Crippen LogP contribution in [-0.4, -0.2) is 23.6 Å². The molecule has 1 N–H and O–H groups in total. The molecule has 5 nitrogen and oxygen atoms in total. The van der Waals surface area contributed by atoms with Crippen LogP contribution in [0.2, 0.25) is 5.15 Å². The minimum absolute atomic E-state index is 0.377. The molecule has 1 aromatic carbocycles. The zero-order chi connectivity index (χ0) is 18.4. The highest BCUT2D eigenvalue weighted by Gasteiger charge is 2.06. The molecule has 0 aliphatic carbocycles. The van der Waals surface area contributed by atoms with Crippen molar-refractivity contribution in [2.24, 2.45) is 0 Å². The van der Waals surface area contributed by atoms with Gasteiger partial charge in [0.1, 0.15) is 23.3 Å². The van der Waals surface area contributed by atoms with Gasteiger partial charge >= 0.3 is 0 Å². The summed E-state index contributed by atoms with van der Waals surface area (Å²) in [5.41, 5.74) is 1.99. The number of nitrogens with one attached hydrogen (secondary N) is 1. The lowest BCUT2D eigenvalue weighted by atomic mass is 10.1. The summed E-state index contributed by atoms with van der Waals surface area (Å²) in [7, 11) is 1.83. The first-order valence-electron chi connectivity index (χ1n) is 8.11. The van der Waals surface area contributed by atoms with Crippen molar-refractivity contribution >= 4 is 40.3 Å². The van der Waals surface area contributed by atoms with Gasteiger partial charge in [-0.05, 0) is 29.1 Å². The van der Waals surface area contributed by atoms with E-state index >= 15 is 0 Å². The molecule has 0 unspecified atom stereocenters. The SMILES string of the molecule is CNc1ncc(C=Cc2ccc(OCCC#N)cc2)c2cc(Cl)ncc12. The first-order chi connectivity index (χ1) is 12.7. The third kappa shape index (κ3) is 4.11. The first kappa shape index (κ1) is 17.7. The van der Waals surface area contributed by atoms with Gasteiger partial charge in [0.15, 0.2) is 0 Å². The van der Waals surface area contributed by atoms with E-state index in [1.165, 1.54) is 0 Å². The van der Waals surface area contributed by atoms with Gasteiger partial charge in [-0.1, -0.05) is 35.9 Å². The van der Waals surface area contributed by atoms with E-state index in [0.717, 1.165) is 33.5 Å². The fourth-order valence-corrected chi connectivity index (χ4v) is 2.70. The average molecular weight is 365 g/mol. The highest BCUT2D eigenvalue weighted by Crippen LogP contribution is 2.27. The van der Waals surface area contributed by atoms with Crippen molar-refractivity contribution in [3.63, 3.8) is 0 Å². The van der Waals surface area contributed by atoms with Crippen molar-refractivity contribution in [2.45, 2.75) is 6.42 Å². The van der Waals surface area contributed by atoms with Gasteiger partial charge in [-0.2, -0.15) is 5.26 Å². The van der Waals surface area contributed by atoms with E-state index in [-0.39, 0.29) is 0 Å². The Morgan fingerprint density at radius 1 is 1.15 bits per heavy atom. The lowest BCUT2D eigenvalue weighted by Crippen LogP contribution is -1.95. The lowest BCUT2D eigenvalue weighted by Gasteiger charge is -2.08. The number of benzene rings is 1. The summed E-state index contributed by atoms with van der Waals surface area (Å²) in [4.78, 5) is 8.57. The largest absolute Gasteiger partial charge is 0.493 e. The summed E-state index contributed by atoms with van der Waals surface area (Å²) >= 11 is 6.06. The maximum absolute atomic E-state index is 8.53. The molecule has 2 aromatic heterocycles. The number of halogens is 1. The second-order valence-corrected chi connectivity index (χ2v) is 5.91. The smallest absolute Gasteiger partial charge is 0.135 e. The minimum atomic E-state index is 0.377. The molecule has 3 rings (SSSR count). The maximum atomic E-state index is 8.53. The predicted octanol–water partition coefficient (Wildman–Crippen LogP) is 4.79. The Balaban J connectivity index is 1.84. The van der Waals surface area contributed by atoms with Crippen molar-refractivity contribution in [1.29, 1.82) is 5.26 Å². The van der Waals surface area contributed by atoms with Crippen LogP contribution in [-0.2, 0) is 0 Å². The van der Waals surface area contributed by atoms with Crippen molar-refractivity contribution in [1.82, 2.24) is 9.97 Å². The summed E-state index contributed by atoms with van der Waals surface area (Å²) in [6.07, 6.45) is 7.91. The monoisotopic (exact) mass is 364 g/mol. The minimum Gasteiger partial charge on any atom is -0.493 e. The molecule has 3 aromatic rings. The van der Waals surface area contributed by atoms with Gasteiger partial charge in [0.05, 0.1) is 12.5 Å². The van der Waals surface area contributed by atoms with Crippen LogP contribution in [0.3, 0.4) is 0 Å². The van der Waals surface area contributed by atoms with Gasteiger partial charge in [0.25, 0.3) is 0 Å². The number of hydrogen-bond donors (Lipinski definition) is 1. The van der Waals surface area contributed by atoms with E-state index in [2.05, 4.69) is 21.4 Å². The average Bonchev–Trinajstić information content (AvgIpc) is 2.67. The Kier molecular flexibility index (Phi) is 5.67. The number of hydrogen-bond acceptors (Lipinski definition) is 5. The van der Waals surface area contributed by atoms with Gasteiger partial charge in [0.2, 0.25) is 0 Å². The van der Waals surface area contributed by atoms with Crippen LogP contribution in [0.25, 0.3) is 22.9 Å². The number of nitriles is 1. The summed E-state index contributed by atoms with van der Waals surface area (Å²) in [5, 5.41) is 13.9. The van der Waals surface area contributed by atoms with Crippen LogP contribution in [0.4, 0.5) is 5.82 Å².